The molecule has 8 nitrogen and oxygen atoms in total. The molecule has 5 rings (SSSR count). The van der Waals surface area contributed by atoms with Crippen LogP contribution in [0.15, 0.2) is 53.4 Å². The van der Waals surface area contributed by atoms with Crippen molar-refractivity contribution in [2.45, 2.75) is 30.6 Å². The van der Waals surface area contributed by atoms with Crippen molar-refractivity contribution < 1.29 is 14.5 Å². The number of likely N-dealkylation sites (N-methyl/N-ethyl adjacent to an activating group) is 1. The summed E-state index contributed by atoms with van der Waals surface area (Å²) in [5.74, 6) is 0.0677. The predicted molar refractivity (Wildman–Crippen MR) is 147 cm³/mol. The van der Waals surface area contributed by atoms with Crippen LogP contribution in [-0.4, -0.2) is 71.1 Å². The lowest BCUT2D eigenvalue weighted by Gasteiger charge is -2.45. The van der Waals surface area contributed by atoms with Crippen molar-refractivity contribution in [3.8, 4) is 0 Å². The highest BCUT2D eigenvalue weighted by molar-refractivity contribution is 8.04. The molecule has 2 heterocycles. The van der Waals surface area contributed by atoms with Gasteiger partial charge in [-0.15, -0.1) is 11.8 Å². The van der Waals surface area contributed by atoms with Gasteiger partial charge in [0, 0.05) is 73.3 Å². The molecule has 10 heteroatoms. The summed E-state index contributed by atoms with van der Waals surface area (Å²) in [7, 11) is 1.84. The van der Waals surface area contributed by atoms with Crippen LogP contribution in [0.4, 0.5) is 11.4 Å². The summed E-state index contributed by atoms with van der Waals surface area (Å²) >= 11 is 7.92. The van der Waals surface area contributed by atoms with E-state index in [1.54, 1.807) is 23.9 Å². The van der Waals surface area contributed by atoms with Gasteiger partial charge in [-0.1, -0.05) is 29.8 Å². The number of amides is 2. The van der Waals surface area contributed by atoms with Crippen molar-refractivity contribution in [1.29, 1.82) is 0 Å². The molecule has 2 amide bonds. The van der Waals surface area contributed by atoms with Gasteiger partial charge in [-0.2, -0.15) is 0 Å². The Kier molecular flexibility index (Phi) is 7.44. The number of nitro benzene ring substituents is 1. The zero-order chi connectivity index (χ0) is 26.1. The van der Waals surface area contributed by atoms with Gasteiger partial charge in [0.15, 0.2) is 0 Å². The zero-order valence-electron chi connectivity index (χ0n) is 20.6. The fraction of sp³-hybridized carbons (Fsp3) is 0.407. The van der Waals surface area contributed by atoms with Crippen LogP contribution in [0, 0.1) is 16.0 Å². The number of fused-ring (bicyclic) bond motifs is 1. The van der Waals surface area contributed by atoms with Crippen molar-refractivity contribution >= 4 is 52.6 Å². The lowest BCUT2D eigenvalue weighted by Crippen LogP contribution is -2.55. The maximum absolute atomic E-state index is 13.4. The number of benzene rings is 2. The Morgan fingerprint density at radius 1 is 1.08 bits per heavy atom. The Hall–Kier alpha value is -3.04. The molecule has 0 N–H and O–H groups in total. The van der Waals surface area contributed by atoms with Gasteiger partial charge in [-0.3, -0.25) is 19.7 Å². The monoisotopic (exact) mass is 540 g/mol. The second-order valence-electron chi connectivity index (χ2n) is 9.77. The lowest BCUT2D eigenvalue weighted by atomic mass is 9.83. The highest BCUT2D eigenvalue weighted by Crippen LogP contribution is 2.44. The average molecular weight is 541 g/mol. The number of nitrogens with zero attached hydrogens (tertiary/aromatic N) is 4. The summed E-state index contributed by atoms with van der Waals surface area (Å²) in [6.07, 6.45) is 4.26. The first-order chi connectivity index (χ1) is 17.8. The third-order valence-electron chi connectivity index (χ3n) is 7.62. The van der Waals surface area contributed by atoms with Gasteiger partial charge in [0.25, 0.3) is 11.6 Å². The van der Waals surface area contributed by atoms with Crippen molar-refractivity contribution in [3.05, 3.63) is 74.1 Å². The number of anilines is 1. The van der Waals surface area contributed by atoms with E-state index in [4.69, 9.17) is 11.6 Å². The average Bonchev–Trinajstić information content (AvgIpc) is 2.92. The SMILES string of the molecule is CN1C(=O)/C(=C/c2ccccc2Cl)SC2CCC(C(=O)N3CCN(c4ccc([N+](=O)[O-])cc4)CC3)CC21. The van der Waals surface area contributed by atoms with E-state index in [1.165, 1.54) is 12.1 Å². The van der Waals surface area contributed by atoms with Crippen LogP contribution >= 0.6 is 23.4 Å². The molecule has 3 aliphatic rings. The molecular formula is C27H29ClN4O4S. The number of hydrogen-bond acceptors (Lipinski definition) is 6. The number of nitro groups is 1. The molecule has 2 aromatic carbocycles. The molecule has 2 aliphatic heterocycles. The third kappa shape index (κ3) is 5.33. The third-order valence-corrected chi connectivity index (χ3v) is 9.36. The standard InChI is InChI=1S/C27H29ClN4O4S/c1-29-23-16-19(6-11-24(23)37-25(27(29)34)17-18-4-2-3-5-22(18)28)26(33)31-14-12-30(13-15-31)20-7-9-21(10-8-20)32(35)36/h2-5,7-10,17,19,23-24H,6,11-16H2,1H3/b25-17-. The molecule has 2 saturated heterocycles. The fourth-order valence-corrected chi connectivity index (χ4v) is 7.14. The minimum absolute atomic E-state index is 0.0176. The van der Waals surface area contributed by atoms with Crippen LogP contribution in [0.25, 0.3) is 6.08 Å². The summed E-state index contributed by atoms with van der Waals surface area (Å²) in [6, 6.07) is 14.1. The number of rotatable bonds is 4. The lowest BCUT2D eigenvalue weighted by molar-refractivity contribution is -0.384. The van der Waals surface area contributed by atoms with E-state index in [-0.39, 0.29) is 34.7 Å². The predicted octanol–water partition coefficient (Wildman–Crippen LogP) is 4.68. The largest absolute Gasteiger partial charge is 0.368 e. The number of thioether (sulfide) groups is 1. The van der Waals surface area contributed by atoms with Crippen molar-refractivity contribution in [1.82, 2.24) is 9.80 Å². The Morgan fingerprint density at radius 3 is 2.46 bits per heavy atom. The molecular weight excluding hydrogens is 512 g/mol. The minimum Gasteiger partial charge on any atom is -0.368 e. The Bertz CT molecular complexity index is 1230. The molecule has 194 valence electrons. The van der Waals surface area contributed by atoms with E-state index in [0.29, 0.717) is 42.5 Å². The fourth-order valence-electron chi connectivity index (χ4n) is 5.48. The first kappa shape index (κ1) is 25.6. The maximum Gasteiger partial charge on any atom is 0.269 e. The van der Waals surface area contributed by atoms with E-state index in [0.717, 1.165) is 24.1 Å². The smallest absolute Gasteiger partial charge is 0.269 e. The second kappa shape index (κ2) is 10.8. The second-order valence-corrected chi connectivity index (χ2v) is 11.5. The first-order valence-electron chi connectivity index (χ1n) is 12.5. The molecule has 3 unspecified atom stereocenters. The normalized spacial score (nSPS) is 25.2. The number of piperazine rings is 1. The number of carbonyl (C=O) groups is 2. The van der Waals surface area contributed by atoms with Gasteiger partial charge in [-0.05, 0) is 49.1 Å². The molecule has 0 aromatic heterocycles. The highest BCUT2D eigenvalue weighted by atomic mass is 35.5. The van der Waals surface area contributed by atoms with Crippen molar-refractivity contribution in [2.24, 2.45) is 5.92 Å². The molecule has 3 atom stereocenters. The van der Waals surface area contributed by atoms with Crippen LogP contribution in [0.2, 0.25) is 5.02 Å². The zero-order valence-corrected chi connectivity index (χ0v) is 22.2. The van der Waals surface area contributed by atoms with Crippen LogP contribution in [-0.2, 0) is 9.59 Å². The maximum atomic E-state index is 13.4. The molecule has 37 heavy (non-hydrogen) atoms. The highest BCUT2D eigenvalue weighted by Gasteiger charge is 2.43. The summed E-state index contributed by atoms with van der Waals surface area (Å²) < 4.78 is 0. The molecule has 0 bridgehead atoms. The van der Waals surface area contributed by atoms with Crippen LogP contribution in [0.1, 0.15) is 24.8 Å². The Balaban J connectivity index is 1.19. The van der Waals surface area contributed by atoms with E-state index in [1.807, 2.05) is 47.2 Å². The molecule has 1 saturated carbocycles. The van der Waals surface area contributed by atoms with Crippen LogP contribution < -0.4 is 4.90 Å². The summed E-state index contributed by atoms with van der Waals surface area (Å²) in [5, 5.41) is 11.8. The minimum atomic E-state index is -0.402. The van der Waals surface area contributed by atoms with E-state index in [2.05, 4.69) is 4.90 Å². The van der Waals surface area contributed by atoms with Crippen molar-refractivity contribution in [2.75, 3.05) is 38.1 Å². The Morgan fingerprint density at radius 2 is 1.78 bits per heavy atom. The molecule has 1 aliphatic carbocycles. The van der Waals surface area contributed by atoms with E-state index in [9.17, 15) is 19.7 Å². The van der Waals surface area contributed by atoms with Gasteiger partial charge in [0.2, 0.25) is 5.91 Å². The topological polar surface area (TPSA) is 87.0 Å². The summed E-state index contributed by atoms with van der Waals surface area (Å²) in [6.45, 7) is 2.61. The van der Waals surface area contributed by atoms with Gasteiger partial charge >= 0.3 is 0 Å². The number of carbonyl (C=O) groups excluding carboxylic acids is 2. The van der Waals surface area contributed by atoms with Gasteiger partial charge in [0.05, 0.1) is 9.83 Å². The van der Waals surface area contributed by atoms with Gasteiger partial charge < -0.3 is 14.7 Å². The van der Waals surface area contributed by atoms with Gasteiger partial charge in [-0.25, -0.2) is 0 Å². The summed E-state index contributed by atoms with van der Waals surface area (Å²) in [5.41, 5.74) is 1.84. The number of hydrogen-bond donors (Lipinski definition) is 0. The quantitative estimate of drug-likeness (QED) is 0.318. The molecule has 0 radical (unpaired) electrons. The van der Waals surface area contributed by atoms with Crippen LogP contribution in [0.5, 0.6) is 0 Å². The van der Waals surface area contributed by atoms with Crippen LogP contribution in [0.3, 0.4) is 0 Å². The Labute approximate surface area is 225 Å². The number of halogens is 1. The summed E-state index contributed by atoms with van der Waals surface area (Å²) in [4.78, 5) is 43.7. The van der Waals surface area contributed by atoms with E-state index >= 15 is 0 Å². The molecule has 3 fully saturated rings. The molecule has 0 spiro atoms. The van der Waals surface area contributed by atoms with Gasteiger partial charge in [0.1, 0.15) is 0 Å². The van der Waals surface area contributed by atoms with E-state index < -0.39 is 4.92 Å². The first-order valence-corrected chi connectivity index (χ1v) is 13.8. The number of non-ortho nitro benzene ring substituents is 1. The molecule has 2 aromatic rings. The van der Waals surface area contributed by atoms with Crippen molar-refractivity contribution in [3.63, 3.8) is 0 Å².